The molecule has 1 aromatic rings. The Balaban J connectivity index is 2.16. The molecule has 0 bridgehead atoms. The Kier molecular flexibility index (Phi) is 2.96. The van der Waals surface area contributed by atoms with E-state index in [1.807, 2.05) is 0 Å². The highest BCUT2D eigenvalue weighted by Crippen LogP contribution is 2.25. The van der Waals surface area contributed by atoms with Crippen molar-refractivity contribution in [3.05, 3.63) is 29.3 Å². The third kappa shape index (κ3) is 2.15. The maximum Gasteiger partial charge on any atom is 0.0412 e. The van der Waals surface area contributed by atoms with E-state index in [-0.39, 0.29) is 0 Å². The first-order chi connectivity index (χ1) is 7.18. The van der Waals surface area contributed by atoms with Crippen molar-refractivity contribution in [1.82, 2.24) is 0 Å². The van der Waals surface area contributed by atoms with Gasteiger partial charge in [-0.2, -0.15) is 0 Å². The molecule has 0 aliphatic heterocycles. The summed E-state index contributed by atoms with van der Waals surface area (Å²) in [6.45, 7) is 4.30. The highest BCUT2D eigenvalue weighted by molar-refractivity contribution is 5.57. The lowest BCUT2D eigenvalue weighted by Gasteiger charge is -2.21. The summed E-state index contributed by atoms with van der Waals surface area (Å²) in [5, 5.41) is 3.60. The number of para-hydroxylation sites is 1. The molecule has 0 amide bonds. The summed E-state index contributed by atoms with van der Waals surface area (Å²) in [4.78, 5) is 0. The van der Waals surface area contributed by atoms with Crippen molar-refractivity contribution in [2.24, 2.45) is 5.73 Å². The van der Waals surface area contributed by atoms with Crippen LogP contribution in [0.25, 0.3) is 0 Å². The van der Waals surface area contributed by atoms with Gasteiger partial charge in [-0.25, -0.2) is 0 Å². The van der Waals surface area contributed by atoms with Crippen LogP contribution < -0.4 is 11.1 Å². The largest absolute Gasteiger partial charge is 0.380 e. The van der Waals surface area contributed by atoms with Gasteiger partial charge in [-0.05, 0) is 44.2 Å². The molecule has 2 rings (SSSR count). The van der Waals surface area contributed by atoms with E-state index in [0.717, 1.165) is 6.42 Å². The number of benzene rings is 1. The van der Waals surface area contributed by atoms with Gasteiger partial charge in [-0.15, -0.1) is 0 Å². The molecule has 0 radical (unpaired) electrons. The van der Waals surface area contributed by atoms with Gasteiger partial charge in [0.1, 0.15) is 0 Å². The fourth-order valence-electron chi connectivity index (χ4n) is 2.40. The Labute approximate surface area is 91.9 Å². The lowest BCUT2D eigenvalue weighted by Crippen LogP contribution is -2.35. The van der Waals surface area contributed by atoms with E-state index >= 15 is 0 Å². The van der Waals surface area contributed by atoms with Crippen molar-refractivity contribution < 1.29 is 0 Å². The van der Waals surface area contributed by atoms with E-state index in [4.69, 9.17) is 5.73 Å². The predicted molar refractivity (Wildman–Crippen MR) is 65.2 cm³/mol. The van der Waals surface area contributed by atoms with Gasteiger partial charge < -0.3 is 11.1 Å². The lowest BCUT2D eigenvalue weighted by molar-refractivity contribution is 0.637. The van der Waals surface area contributed by atoms with Crippen LogP contribution in [0.1, 0.15) is 30.4 Å². The van der Waals surface area contributed by atoms with Crippen LogP contribution in [0.3, 0.4) is 0 Å². The van der Waals surface area contributed by atoms with Gasteiger partial charge in [0, 0.05) is 17.8 Å². The van der Waals surface area contributed by atoms with Gasteiger partial charge in [0.25, 0.3) is 0 Å². The standard InChI is InChI=1S/C13H20N2/c1-9-5-3-6-10(2)13(9)15-12-8-4-7-11(12)14/h3,5-6,11-12,15H,4,7-8,14H2,1-2H3/t11-,12-/m0/s1. The molecule has 1 aromatic carbocycles. The minimum atomic E-state index is 0.323. The number of aryl methyl sites for hydroxylation is 2. The summed E-state index contributed by atoms with van der Waals surface area (Å²) >= 11 is 0. The molecule has 82 valence electrons. The second kappa shape index (κ2) is 4.23. The van der Waals surface area contributed by atoms with Gasteiger partial charge in [0.15, 0.2) is 0 Å². The average molecular weight is 204 g/mol. The number of nitrogens with two attached hydrogens (primary N) is 1. The Morgan fingerprint density at radius 1 is 1.20 bits per heavy atom. The molecule has 2 heteroatoms. The third-order valence-corrected chi connectivity index (χ3v) is 3.38. The van der Waals surface area contributed by atoms with Gasteiger partial charge in [-0.3, -0.25) is 0 Å². The molecule has 1 saturated carbocycles. The number of anilines is 1. The van der Waals surface area contributed by atoms with Gasteiger partial charge >= 0.3 is 0 Å². The van der Waals surface area contributed by atoms with E-state index in [1.165, 1.54) is 29.7 Å². The highest BCUT2D eigenvalue weighted by atomic mass is 15.0. The number of hydrogen-bond donors (Lipinski definition) is 2. The van der Waals surface area contributed by atoms with Crippen LogP contribution in [0.15, 0.2) is 18.2 Å². The molecule has 1 aliphatic carbocycles. The smallest absolute Gasteiger partial charge is 0.0412 e. The van der Waals surface area contributed by atoms with Crippen LogP contribution in [-0.4, -0.2) is 12.1 Å². The molecule has 2 nitrogen and oxygen atoms in total. The summed E-state index contributed by atoms with van der Waals surface area (Å²) in [5.74, 6) is 0. The molecule has 0 heterocycles. The molecular weight excluding hydrogens is 184 g/mol. The maximum atomic E-state index is 6.06. The summed E-state index contributed by atoms with van der Waals surface area (Å²) in [6.07, 6.45) is 3.61. The lowest BCUT2D eigenvalue weighted by atomic mass is 10.1. The van der Waals surface area contributed by atoms with E-state index in [2.05, 4.69) is 37.4 Å². The third-order valence-electron chi connectivity index (χ3n) is 3.38. The fraction of sp³-hybridized carbons (Fsp3) is 0.538. The maximum absolute atomic E-state index is 6.06. The summed E-state index contributed by atoms with van der Waals surface area (Å²) in [6, 6.07) is 7.18. The molecule has 0 saturated heterocycles. The average Bonchev–Trinajstić information content (AvgIpc) is 2.58. The zero-order valence-electron chi connectivity index (χ0n) is 9.59. The number of hydrogen-bond acceptors (Lipinski definition) is 2. The molecule has 3 N–H and O–H groups in total. The van der Waals surface area contributed by atoms with Crippen LogP contribution in [-0.2, 0) is 0 Å². The molecule has 0 spiro atoms. The monoisotopic (exact) mass is 204 g/mol. The molecule has 0 aromatic heterocycles. The van der Waals surface area contributed by atoms with Crippen LogP contribution >= 0.6 is 0 Å². The van der Waals surface area contributed by atoms with Crippen molar-refractivity contribution in [2.75, 3.05) is 5.32 Å². The first kappa shape index (κ1) is 10.5. The SMILES string of the molecule is Cc1cccc(C)c1N[C@H]1CCC[C@@H]1N. The topological polar surface area (TPSA) is 38.0 Å². The fourth-order valence-corrected chi connectivity index (χ4v) is 2.40. The summed E-state index contributed by atoms with van der Waals surface area (Å²) in [5.41, 5.74) is 9.97. The van der Waals surface area contributed by atoms with Crippen molar-refractivity contribution in [3.8, 4) is 0 Å². The van der Waals surface area contributed by atoms with Crippen LogP contribution in [0.4, 0.5) is 5.69 Å². The Hall–Kier alpha value is -1.02. The van der Waals surface area contributed by atoms with Crippen LogP contribution in [0.5, 0.6) is 0 Å². The Morgan fingerprint density at radius 2 is 1.87 bits per heavy atom. The van der Waals surface area contributed by atoms with Crippen molar-refractivity contribution in [1.29, 1.82) is 0 Å². The molecule has 1 aliphatic rings. The molecule has 1 fully saturated rings. The van der Waals surface area contributed by atoms with Crippen LogP contribution in [0.2, 0.25) is 0 Å². The Bertz CT molecular complexity index is 326. The number of nitrogens with one attached hydrogen (secondary N) is 1. The zero-order valence-corrected chi connectivity index (χ0v) is 9.59. The van der Waals surface area contributed by atoms with E-state index in [0.29, 0.717) is 12.1 Å². The molecule has 2 atom stereocenters. The zero-order chi connectivity index (χ0) is 10.8. The molecular formula is C13H20N2. The van der Waals surface area contributed by atoms with E-state index in [9.17, 15) is 0 Å². The van der Waals surface area contributed by atoms with Crippen molar-refractivity contribution in [2.45, 2.75) is 45.2 Å². The van der Waals surface area contributed by atoms with Crippen molar-refractivity contribution >= 4 is 5.69 Å². The quantitative estimate of drug-likeness (QED) is 0.777. The first-order valence-electron chi connectivity index (χ1n) is 5.77. The van der Waals surface area contributed by atoms with E-state index < -0.39 is 0 Å². The minimum Gasteiger partial charge on any atom is -0.380 e. The van der Waals surface area contributed by atoms with E-state index in [1.54, 1.807) is 0 Å². The minimum absolute atomic E-state index is 0.323. The van der Waals surface area contributed by atoms with Crippen molar-refractivity contribution in [3.63, 3.8) is 0 Å². The summed E-state index contributed by atoms with van der Waals surface area (Å²) in [7, 11) is 0. The van der Waals surface area contributed by atoms with Gasteiger partial charge in [0.05, 0.1) is 0 Å². The predicted octanol–water partition coefficient (Wildman–Crippen LogP) is 2.60. The summed E-state index contributed by atoms with van der Waals surface area (Å²) < 4.78 is 0. The van der Waals surface area contributed by atoms with Gasteiger partial charge in [-0.1, -0.05) is 18.2 Å². The molecule has 15 heavy (non-hydrogen) atoms. The Morgan fingerprint density at radius 3 is 2.40 bits per heavy atom. The normalized spacial score (nSPS) is 25.5. The highest BCUT2D eigenvalue weighted by Gasteiger charge is 2.24. The first-order valence-corrected chi connectivity index (χ1v) is 5.77. The second-order valence-corrected chi connectivity index (χ2v) is 4.61. The number of rotatable bonds is 2. The van der Waals surface area contributed by atoms with Crippen LogP contribution in [0, 0.1) is 13.8 Å². The molecule has 0 unspecified atom stereocenters. The van der Waals surface area contributed by atoms with Gasteiger partial charge in [0.2, 0.25) is 0 Å². The second-order valence-electron chi connectivity index (χ2n) is 4.61.